The van der Waals surface area contributed by atoms with Gasteiger partial charge in [-0.25, -0.2) is 19.2 Å². The molecular weight excluding hydrogens is 372 g/mol. The molecule has 0 unspecified atom stereocenters. The van der Waals surface area contributed by atoms with Crippen LogP contribution >= 0.6 is 0 Å². The molecule has 0 aromatic carbocycles. The van der Waals surface area contributed by atoms with Gasteiger partial charge in [0.2, 0.25) is 0 Å². The predicted octanol–water partition coefficient (Wildman–Crippen LogP) is 1.58. The van der Waals surface area contributed by atoms with Crippen LogP contribution < -0.4 is 0 Å². The van der Waals surface area contributed by atoms with E-state index in [-0.39, 0.29) is 38.5 Å². The van der Waals surface area contributed by atoms with Crippen LogP contribution in [0.3, 0.4) is 0 Å². The van der Waals surface area contributed by atoms with Crippen LogP contribution in [0.5, 0.6) is 0 Å². The van der Waals surface area contributed by atoms with Crippen LogP contribution in [-0.4, -0.2) is 86.5 Å². The van der Waals surface area contributed by atoms with Crippen LogP contribution in [0.1, 0.15) is 27.7 Å². The van der Waals surface area contributed by atoms with E-state index in [1.807, 2.05) is 0 Å². The molecule has 0 radical (unpaired) electrons. The van der Waals surface area contributed by atoms with Crippen LogP contribution in [0.25, 0.3) is 0 Å². The van der Waals surface area contributed by atoms with Crippen molar-refractivity contribution in [3.8, 4) is 0 Å². The second-order valence-electron chi connectivity index (χ2n) is 6.38. The van der Waals surface area contributed by atoms with Gasteiger partial charge in [-0.3, -0.25) is 0 Å². The minimum Gasteiger partial charge on any atom is -0.461 e. The SMILES string of the molecule is CC(C)OC(=O)N(C)CCOC(=O)/C=C/C(=O)OCCN(C)C(=O)OC(C)C. The number of carbonyl (C=O) groups excluding carboxylic acids is 4. The quantitative estimate of drug-likeness (QED) is 0.308. The van der Waals surface area contributed by atoms with Gasteiger partial charge in [-0.05, 0) is 27.7 Å². The summed E-state index contributed by atoms with van der Waals surface area (Å²) in [5.74, 6) is -1.50. The van der Waals surface area contributed by atoms with Gasteiger partial charge in [-0.1, -0.05) is 0 Å². The number of likely N-dealkylation sites (N-methyl/N-ethyl adjacent to an activating group) is 2. The zero-order chi connectivity index (χ0) is 21.7. The topological polar surface area (TPSA) is 112 Å². The highest BCUT2D eigenvalue weighted by molar-refractivity contribution is 5.91. The summed E-state index contributed by atoms with van der Waals surface area (Å²) in [5, 5.41) is 0. The van der Waals surface area contributed by atoms with Crippen molar-refractivity contribution in [3.05, 3.63) is 12.2 Å². The lowest BCUT2D eigenvalue weighted by Gasteiger charge is -2.18. The minimum atomic E-state index is -0.750. The number of ether oxygens (including phenoxy) is 4. The lowest BCUT2D eigenvalue weighted by atomic mass is 10.5. The Kier molecular flexibility index (Phi) is 12.1. The van der Waals surface area contributed by atoms with Crippen LogP contribution in [0, 0.1) is 0 Å². The number of rotatable bonds is 10. The first-order valence-electron chi connectivity index (χ1n) is 8.88. The van der Waals surface area contributed by atoms with Gasteiger partial charge in [0.1, 0.15) is 13.2 Å². The molecule has 0 rings (SSSR count). The summed E-state index contributed by atoms with van der Waals surface area (Å²) < 4.78 is 19.7. The van der Waals surface area contributed by atoms with Crippen LogP contribution in [0.2, 0.25) is 0 Å². The van der Waals surface area contributed by atoms with Gasteiger partial charge in [0.25, 0.3) is 0 Å². The van der Waals surface area contributed by atoms with Gasteiger partial charge >= 0.3 is 24.1 Å². The fourth-order valence-corrected chi connectivity index (χ4v) is 1.56. The smallest absolute Gasteiger partial charge is 0.409 e. The lowest BCUT2D eigenvalue weighted by Crippen LogP contribution is -2.32. The van der Waals surface area contributed by atoms with Crippen LogP contribution in [-0.2, 0) is 28.5 Å². The lowest BCUT2D eigenvalue weighted by molar-refractivity contribution is -0.140. The molecule has 0 aromatic rings. The molecule has 0 aromatic heterocycles. The second-order valence-corrected chi connectivity index (χ2v) is 6.38. The number of carbonyl (C=O) groups is 4. The second kappa shape index (κ2) is 13.4. The highest BCUT2D eigenvalue weighted by Crippen LogP contribution is 1.97. The Hall–Kier alpha value is -2.78. The third-order valence-electron chi connectivity index (χ3n) is 2.99. The molecule has 0 saturated heterocycles. The molecule has 160 valence electrons. The molecule has 0 aliphatic heterocycles. The minimum absolute atomic E-state index is 0.0509. The Bertz CT molecular complexity index is 512. The zero-order valence-electron chi connectivity index (χ0n) is 17.3. The van der Waals surface area contributed by atoms with Gasteiger partial charge in [0, 0.05) is 26.2 Å². The maximum Gasteiger partial charge on any atom is 0.409 e. The van der Waals surface area contributed by atoms with Crippen LogP contribution in [0.15, 0.2) is 12.2 Å². The summed E-state index contributed by atoms with van der Waals surface area (Å²) in [4.78, 5) is 48.7. The Labute approximate surface area is 165 Å². The van der Waals surface area contributed by atoms with Crippen molar-refractivity contribution < 1.29 is 38.1 Å². The van der Waals surface area contributed by atoms with Gasteiger partial charge in [0.15, 0.2) is 0 Å². The third-order valence-corrected chi connectivity index (χ3v) is 2.99. The molecular formula is C18H30N2O8. The van der Waals surface area contributed by atoms with Crippen molar-refractivity contribution in [3.63, 3.8) is 0 Å². The molecule has 10 nitrogen and oxygen atoms in total. The Morgan fingerprint density at radius 1 is 0.714 bits per heavy atom. The molecule has 0 spiro atoms. The van der Waals surface area contributed by atoms with E-state index >= 15 is 0 Å². The number of amides is 2. The van der Waals surface area contributed by atoms with E-state index in [0.717, 1.165) is 12.2 Å². The number of hydrogen-bond acceptors (Lipinski definition) is 8. The first kappa shape index (κ1) is 25.2. The highest BCUT2D eigenvalue weighted by atomic mass is 16.6. The van der Waals surface area contributed by atoms with E-state index in [2.05, 4.69) is 0 Å². The summed E-state index contributed by atoms with van der Waals surface area (Å²) >= 11 is 0. The Morgan fingerprint density at radius 3 is 1.32 bits per heavy atom. The van der Waals surface area contributed by atoms with Gasteiger partial charge < -0.3 is 28.7 Å². The summed E-state index contributed by atoms with van der Waals surface area (Å²) in [6.07, 6.45) is 0.316. The standard InChI is InChI=1S/C18H30N2O8/c1-13(2)27-17(23)19(5)9-11-25-15(21)7-8-16(22)26-12-10-20(6)18(24)28-14(3)4/h7-8,13-14H,9-12H2,1-6H3/b8-7+. The molecule has 0 aliphatic rings. The highest BCUT2D eigenvalue weighted by Gasteiger charge is 2.13. The molecule has 0 heterocycles. The largest absolute Gasteiger partial charge is 0.461 e. The molecule has 0 bridgehead atoms. The number of esters is 2. The van der Waals surface area contributed by atoms with Gasteiger partial charge in [0.05, 0.1) is 25.3 Å². The Balaban J connectivity index is 4.03. The molecule has 0 aliphatic carbocycles. The van der Waals surface area contributed by atoms with E-state index in [1.54, 1.807) is 27.7 Å². The summed E-state index contributed by atoms with van der Waals surface area (Å²) in [6, 6.07) is 0. The van der Waals surface area contributed by atoms with Gasteiger partial charge in [-0.2, -0.15) is 0 Å². The summed E-state index contributed by atoms with van der Waals surface area (Å²) in [6.45, 7) is 7.10. The van der Waals surface area contributed by atoms with Crippen molar-refractivity contribution in [2.24, 2.45) is 0 Å². The van der Waals surface area contributed by atoms with Crippen molar-refractivity contribution in [2.75, 3.05) is 40.4 Å². The van der Waals surface area contributed by atoms with Gasteiger partial charge in [-0.15, -0.1) is 0 Å². The zero-order valence-corrected chi connectivity index (χ0v) is 17.3. The van der Waals surface area contributed by atoms with Crippen molar-refractivity contribution in [1.82, 2.24) is 9.80 Å². The number of hydrogen-bond donors (Lipinski definition) is 0. The molecule has 0 N–H and O–H groups in total. The fourth-order valence-electron chi connectivity index (χ4n) is 1.56. The maximum absolute atomic E-state index is 11.5. The molecule has 10 heteroatoms. The first-order chi connectivity index (χ1) is 13.0. The fraction of sp³-hybridized carbons (Fsp3) is 0.667. The molecule has 0 atom stereocenters. The molecule has 0 saturated carbocycles. The van der Waals surface area contributed by atoms with Crippen molar-refractivity contribution in [2.45, 2.75) is 39.9 Å². The monoisotopic (exact) mass is 402 g/mol. The summed E-state index contributed by atoms with van der Waals surface area (Å²) in [7, 11) is 3.03. The average Bonchev–Trinajstić information content (AvgIpc) is 2.58. The third kappa shape index (κ3) is 12.6. The van der Waals surface area contributed by atoms with Crippen molar-refractivity contribution in [1.29, 1.82) is 0 Å². The summed E-state index contributed by atoms with van der Waals surface area (Å²) in [5.41, 5.74) is 0. The normalized spacial score (nSPS) is 10.7. The Morgan fingerprint density at radius 2 is 1.04 bits per heavy atom. The maximum atomic E-state index is 11.5. The van der Waals surface area contributed by atoms with E-state index < -0.39 is 24.1 Å². The van der Waals surface area contributed by atoms with Crippen molar-refractivity contribution >= 4 is 24.1 Å². The van der Waals surface area contributed by atoms with Crippen LogP contribution in [0.4, 0.5) is 9.59 Å². The molecule has 28 heavy (non-hydrogen) atoms. The molecule has 2 amide bonds. The van der Waals surface area contributed by atoms with E-state index in [9.17, 15) is 19.2 Å². The van der Waals surface area contributed by atoms with E-state index in [1.165, 1.54) is 23.9 Å². The van der Waals surface area contributed by atoms with E-state index in [4.69, 9.17) is 18.9 Å². The number of nitrogens with zero attached hydrogens (tertiary/aromatic N) is 2. The predicted molar refractivity (Wildman–Crippen MR) is 99.6 cm³/mol. The average molecular weight is 402 g/mol. The molecule has 0 fully saturated rings. The van der Waals surface area contributed by atoms with E-state index in [0.29, 0.717) is 0 Å². The first-order valence-corrected chi connectivity index (χ1v) is 8.88.